The van der Waals surface area contributed by atoms with Gasteiger partial charge in [-0.1, -0.05) is 24.0 Å². The van der Waals surface area contributed by atoms with Gasteiger partial charge in [-0.05, 0) is 12.1 Å². The third-order valence-electron chi connectivity index (χ3n) is 2.52. The lowest BCUT2D eigenvalue weighted by molar-refractivity contribution is 0.0950. The Balaban J connectivity index is 2.07. The largest absolute Gasteiger partial charge is 0.395 e. The van der Waals surface area contributed by atoms with E-state index in [1.165, 1.54) is 11.3 Å². The molecule has 0 atom stereocenters. The fourth-order valence-electron chi connectivity index (χ4n) is 1.60. The lowest BCUT2D eigenvalue weighted by Gasteiger charge is -2.05. The molecule has 0 aliphatic rings. The van der Waals surface area contributed by atoms with Gasteiger partial charge in [0.15, 0.2) is 0 Å². The normalized spacial score (nSPS) is 9.65. The highest BCUT2D eigenvalue weighted by atomic mass is 32.1. The number of amides is 1. The highest BCUT2D eigenvalue weighted by Gasteiger charge is 2.09. The Bertz CT molecular complexity index is 627. The molecule has 2 rings (SSSR count). The number of aliphatic hydroxyl groups is 1. The van der Waals surface area contributed by atoms with Crippen molar-refractivity contribution in [3.05, 3.63) is 52.0 Å². The first-order valence-corrected chi connectivity index (χ1v) is 7.04. The summed E-state index contributed by atoms with van der Waals surface area (Å²) < 4.78 is 0. The zero-order valence-electron chi connectivity index (χ0n) is 10.8. The Morgan fingerprint density at radius 2 is 2.25 bits per heavy atom. The van der Waals surface area contributed by atoms with E-state index in [0.29, 0.717) is 24.1 Å². The van der Waals surface area contributed by atoms with Crippen LogP contribution in [0.4, 0.5) is 0 Å². The maximum atomic E-state index is 12.1. The minimum atomic E-state index is -0.172. The maximum Gasteiger partial charge on any atom is 0.252 e. The number of carbonyl (C=O) groups excluding carboxylic acids is 1. The number of aliphatic hydroxyl groups excluding tert-OH is 1. The number of nitrogens with one attached hydrogen (secondary N) is 1. The quantitative estimate of drug-likeness (QED) is 0.843. The molecule has 0 bridgehead atoms. The van der Waals surface area contributed by atoms with Crippen LogP contribution in [0.2, 0.25) is 0 Å². The number of hydrogen-bond donors (Lipinski definition) is 2. The van der Waals surface area contributed by atoms with E-state index in [9.17, 15) is 4.79 Å². The molecule has 0 aliphatic carbocycles. The third kappa shape index (κ3) is 3.92. The van der Waals surface area contributed by atoms with Crippen LogP contribution in [-0.2, 0) is 6.54 Å². The van der Waals surface area contributed by atoms with Gasteiger partial charge in [-0.3, -0.25) is 4.79 Å². The molecule has 0 spiro atoms. The summed E-state index contributed by atoms with van der Waals surface area (Å²) in [6.45, 7) is 0.431. The van der Waals surface area contributed by atoms with E-state index < -0.39 is 0 Å². The number of benzene rings is 1. The second-order valence-corrected chi connectivity index (χ2v) is 4.91. The van der Waals surface area contributed by atoms with Gasteiger partial charge in [0.05, 0.1) is 18.7 Å². The van der Waals surface area contributed by atoms with E-state index in [4.69, 9.17) is 5.11 Å². The van der Waals surface area contributed by atoms with Crippen molar-refractivity contribution < 1.29 is 9.90 Å². The van der Waals surface area contributed by atoms with Gasteiger partial charge in [0.1, 0.15) is 5.01 Å². The average molecular weight is 286 g/mol. The highest BCUT2D eigenvalue weighted by Crippen LogP contribution is 2.09. The minimum absolute atomic E-state index is 0.0193. The fourth-order valence-corrected chi connectivity index (χ4v) is 2.15. The van der Waals surface area contributed by atoms with Crippen molar-refractivity contribution in [2.24, 2.45) is 0 Å². The van der Waals surface area contributed by atoms with Crippen LogP contribution in [0.15, 0.2) is 35.8 Å². The molecule has 2 N–H and O–H groups in total. The van der Waals surface area contributed by atoms with Crippen molar-refractivity contribution in [2.75, 3.05) is 6.61 Å². The van der Waals surface area contributed by atoms with E-state index in [2.05, 4.69) is 22.1 Å². The van der Waals surface area contributed by atoms with Gasteiger partial charge < -0.3 is 10.4 Å². The van der Waals surface area contributed by atoms with Crippen LogP contribution in [0.25, 0.3) is 0 Å². The number of thiazole rings is 1. The molecule has 1 aromatic carbocycles. The van der Waals surface area contributed by atoms with Gasteiger partial charge in [-0.15, -0.1) is 11.3 Å². The number of carbonyl (C=O) groups is 1. The zero-order chi connectivity index (χ0) is 14.2. The molecule has 0 fully saturated rings. The summed E-state index contributed by atoms with van der Waals surface area (Å²) in [6, 6.07) is 7.17. The first kappa shape index (κ1) is 14.3. The van der Waals surface area contributed by atoms with Gasteiger partial charge in [-0.2, -0.15) is 0 Å². The van der Waals surface area contributed by atoms with Crippen LogP contribution in [0.3, 0.4) is 0 Å². The molecule has 5 heteroatoms. The molecule has 0 saturated carbocycles. The molecule has 1 amide bonds. The van der Waals surface area contributed by atoms with Crippen molar-refractivity contribution in [2.45, 2.75) is 13.0 Å². The molecule has 20 heavy (non-hydrogen) atoms. The number of nitrogens with zero attached hydrogens (tertiary/aromatic N) is 1. The van der Waals surface area contributed by atoms with E-state index in [0.717, 1.165) is 5.01 Å². The Kier molecular flexibility index (Phi) is 5.30. The first-order valence-electron chi connectivity index (χ1n) is 6.16. The molecular weight excluding hydrogens is 272 g/mol. The molecule has 4 nitrogen and oxygen atoms in total. The lowest BCUT2D eigenvalue weighted by Crippen LogP contribution is -2.23. The summed E-state index contributed by atoms with van der Waals surface area (Å²) in [5.41, 5.74) is 1.20. The predicted octanol–water partition coefficient (Wildman–Crippen LogP) is 1.81. The second kappa shape index (κ2) is 7.43. The van der Waals surface area contributed by atoms with E-state index >= 15 is 0 Å². The molecule has 1 aromatic heterocycles. The number of hydrogen-bond acceptors (Lipinski definition) is 4. The summed E-state index contributed by atoms with van der Waals surface area (Å²) in [5, 5.41) is 14.3. The maximum absolute atomic E-state index is 12.1. The van der Waals surface area contributed by atoms with Gasteiger partial charge in [0, 0.05) is 23.6 Å². The summed E-state index contributed by atoms with van der Waals surface area (Å²) in [5.74, 6) is 5.56. The van der Waals surface area contributed by atoms with Crippen LogP contribution in [0.1, 0.15) is 27.3 Å². The number of aromatic nitrogens is 1. The van der Waals surface area contributed by atoms with Crippen LogP contribution in [-0.4, -0.2) is 22.6 Å². The standard InChI is InChI=1S/C15H14N2O2S/c18-9-4-3-6-12-5-1-2-7-13(12)15(19)17-11-14-16-8-10-20-14/h1-2,5,7-8,10,18H,4,9,11H2,(H,17,19). The second-order valence-electron chi connectivity index (χ2n) is 3.93. The zero-order valence-corrected chi connectivity index (χ0v) is 11.6. The van der Waals surface area contributed by atoms with E-state index in [-0.39, 0.29) is 12.5 Å². The smallest absolute Gasteiger partial charge is 0.252 e. The Morgan fingerprint density at radius 1 is 1.40 bits per heavy atom. The van der Waals surface area contributed by atoms with Gasteiger partial charge in [-0.25, -0.2) is 4.98 Å². The topological polar surface area (TPSA) is 62.2 Å². The molecule has 0 radical (unpaired) electrons. The highest BCUT2D eigenvalue weighted by molar-refractivity contribution is 7.09. The Morgan fingerprint density at radius 3 is 3.00 bits per heavy atom. The van der Waals surface area contributed by atoms with Crippen molar-refractivity contribution in [1.29, 1.82) is 0 Å². The molecular formula is C15H14N2O2S. The molecule has 0 saturated heterocycles. The Hall–Kier alpha value is -2.16. The van der Waals surface area contributed by atoms with Crippen LogP contribution in [0, 0.1) is 11.8 Å². The van der Waals surface area contributed by atoms with Gasteiger partial charge in [0.2, 0.25) is 0 Å². The first-order chi connectivity index (χ1) is 9.81. The van der Waals surface area contributed by atoms with Gasteiger partial charge in [0.25, 0.3) is 5.91 Å². The lowest BCUT2D eigenvalue weighted by atomic mass is 10.1. The summed E-state index contributed by atoms with van der Waals surface area (Å²) in [7, 11) is 0. The Labute approximate surface area is 121 Å². The molecule has 0 aliphatic heterocycles. The van der Waals surface area contributed by atoms with Crippen LogP contribution in [0.5, 0.6) is 0 Å². The monoisotopic (exact) mass is 286 g/mol. The third-order valence-corrected chi connectivity index (χ3v) is 3.29. The number of rotatable bonds is 4. The predicted molar refractivity (Wildman–Crippen MR) is 78.3 cm³/mol. The molecule has 0 unspecified atom stereocenters. The molecule has 1 heterocycles. The summed E-state index contributed by atoms with van der Waals surface area (Å²) in [6.07, 6.45) is 2.11. The van der Waals surface area contributed by atoms with Crippen molar-refractivity contribution >= 4 is 17.2 Å². The van der Waals surface area contributed by atoms with E-state index in [1.807, 2.05) is 11.4 Å². The molecule has 2 aromatic rings. The minimum Gasteiger partial charge on any atom is -0.395 e. The van der Waals surface area contributed by atoms with Crippen LogP contribution < -0.4 is 5.32 Å². The van der Waals surface area contributed by atoms with Crippen molar-refractivity contribution in [1.82, 2.24) is 10.3 Å². The summed E-state index contributed by atoms with van der Waals surface area (Å²) in [4.78, 5) is 16.3. The van der Waals surface area contributed by atoms with Crippen molar-refractivity contribution in [3.63, 3.8) is 0 Å². The van der Waals surface area contributed by atoms with Gasteiger partial charge >= 0.3 is 0 Å². The van der Waals surface area contributed by atoms with Crippen molar-refractivity contribution in [3.8, 4) is 11.8 Å². The van der Waals surface area contributed by atoms with Crippen LogP contribution >= 0.6 is 11.3 Å². The molecule has 102 valence electrons. The van der Waals surface area contributed by atoms with E-state index in [1.54, 1.807) is 24.4 Å². The summed E-state index contributed by atoms with van der Waals surface area (Å²) >= 11 is 1.50. The fraction of sp³-hybridized carbons (Fsp3) is 0.200. The SMILES string of the molecule is O=C(NCc1nccs1)c1ccccc1C#CCCO. The average Bonchev–Trinajstić information content (AvgIpc) is 2.99.